The second-order valence-corrected chi connectivity index (χ2v) is 6.40. The molecule has 3 aromatic rings. The summed E-state index contributed by atoms with van der Waals surface area (Å²) in [4.78, 5) is 9.00. The summed E-state index contributed by atoms with van der Waals surface area (Å²) in [6.07, 6.45) is 0. The second kappa shape index (κ2) is 6.57. The highest BCUT2D eigenvalue weighted by molar-refractivity contribution is 7.18. The van der Waals surface area contributed by atoms with Crippen molar-refractivity contribution < 1.29 is 13.5 Å². The van der Waals surface area contributed by atoms with E-state index >= 15 is 0 Å². The Morgan fingerprint density at radius 3 is 2.31 bits per heavy atom. The maximum Gasteiger partial charge on any atom is 0.190 e. The Bertz CT molecular complexity index is 1040. The first-order valence-electron chi connectivity index (χ1n) is 7.33. The van der Waals surface area contributed by atoms with E-state index in [0.29, 0.717) is 21.4 Å². The van der Waals surface area contributed by atoms with Crippen LogP contribution in [0.1, 0.15) is 11.3 Å². The number of methoxy groups -OCH3 is 1. The van der Waals surface area contributed by atoms with Gasteiger partial charge in [-0.25, -0.2) is 18.7 Å². The van der Waals surface area contributed by atoms with Gasteiger partial charge in [-0.15, -0.1) is 0 Å². The molecule has 0 atom stereocenters. The third-order valence-corrected chi connectivity index (χ3v) is 4.73. The zero-order chi connectivity index (χ0) is 19.0. The maximum atomic E-state index is 14.1. The van der Waals surface area contributed by atoms with Crippen molar-refractivity contribution in [1.82, 2.24) is 9.97 Å². The Kier molecular flexibility index (Phi) is 4.44. The number of ether oxygens (including phenoxy) is 1. The average Bonchev–Trinajstić information content (AvgIpc) is 2.92. The molecule has 132 valence electrons. The number of hydrogen-bond acceptors (Lipinski definition) is 7. The first-order valence-corrected chi connectivity index (χ1v) is 8.14. The number of aryl methyl sites for hydroxylation is 1. The van der Waals surface area contributed by atoms with Crippen molar-refractivity contribution in [3.63, 3.8) is 0 Å². The quantitative estimate of drug-likeness (QED) is 0.727. The zero-order valence-electron chi connectivity index (χ0n) is 13.8. The lowest BCUT2D eigenvalue weighted by Gasteiger charge is -2.11. The summed E-state index contributed by atoms with van der Waals surface area (Å²) < 4.78 is 32.9. The summed E-state index contributed by atoms with van der Waals surface area (Å²) in [6, 6.07) is 5.62. The van der Waals surface area contributed by atoms with Gasteiger partial charge < -0.3 is 16.2 Å². The molecule has 6 nitrogen and oxygen atoms in total. The van der Waals surface area contributed by atoms with E-state index in [-0.39, 0.29) is 22.5 Å². The molecular weight excluding hydrogens is 360 g/mol. The molecule has 0 aliphatic heterocycles. The molecule has 0 spiro atoms. The number of benzene rings is 1. The molecule has 0 saturated heterocycles. The molecule has 0 amide bonds. The summed E-state index contributed by atoms with van der Waals surface area (Å²) in [5, 5.41) is 9.76. The molecule has 0 radical (unpaired) electrons. The SMILES string of the molecule is COc1c(F)cc(-c2cc(-c3sc(N)nc3C)nc(N)c2C#N)cc1F. The summed E-state index contributed by atoms with van der Waals surface area (Å²) in [7, 11) is 1.17. The lowest BCUT2D eigenvalue weighted by atomic mass is 9.99. The predicted octanol–water partition coefficient (Wildman–Crippen LogP) is 3.50. The minimum absolute atomic E-state index is 0.0212. The summed E-state index contributed by atoms with van der Waals surface area (Å²) >= 11 is 1.20. The number of rotatable bonds is 3. The van der Waals surface area contributed by atoms with Crippen LogP contribution in [0.3, 0.4) is 0 Å². The molecule has 1 aromatic carbocycles. The van der Waals surface area contributed by atoms with Gasteiger partial charge in [0.1, 0.15) is 17.5 Å². The van der Waals surface area contributed by atoms with Crippen molar-refractivity contribution in [2.45, 2.75) is 6.92 Å². The molecule has 0 aliphatic carbocycles. The van der Waals surface area contributed by atoms with Crippen molar-refractivity contribution in [3.8, 4) is 33.5 Å². The number of halogens is 2. The van der Waals surface area contributed by atoms with E-state index in [1.807, 2.05) is 6.07 Å². The van der Waals surface area contributed by atoms with E-state index in [0.717, 1.165) is 12.1 Å². The van der Waals surface area contributed by atoms with Gasteiger partial charge >= 0.3 is 0 Å². The van der Waals surface area contributed by atoms with Gasteiger partial charge in [0.2, 0.25) is 0 Å². The highest BCUT2D eigenvalue weighted by Gasteiger charge is 2.19. The Morgan fingerprint density at radius 2 is 1.81 bits per heavy atom. The van der Waals surface area contributed by atoms with E-state index in [1.165, 1.54) is 24.5 Å². The Hall–Kier alpha value is -3.25. The number of thiazole rings is 1. The largest absolute Gasteiger partial charge is 0.491 e. The lowest BCUT2D eigenvalue weighted by Crippen LogP contribution is -2.01. The van der Waals surface area contributed by atoms with Crippen LogP contribution in [0.25, 0.3) is 21.7 Å². The minimum Gasteiger partial charge on any atom is -0.491 e. The monoisotopic (exact) mass is 373 g/mol. The molecule has 26 heavy (non-hydrogen) atoms. The van der Waals surface area contributed by atoms with Gasteiger partial charge in [0, 0.05) is 5.56 Å². The Balaban J connectivity index is 2.27. The van der Waals surface area contributed by atoms with Gasteiger partial charge in [-0.1, -0.05) is 11.3 Å². The molecule has 0 unspecified atom stereocenters. The normalized spacial score (nSPS) is 10.6. The van der Waals surface area contributed by atoms with E-state index in [2.05, 4.69) is 14.7 Å². The fraction of sp³-hybridized carbons (Fsp3) is 0.118. The number of anilines is 2. The van der Waals surface area contributed by atoms with Gasteiger partial charge in [0.25, 0.3) is 0 Å². The van der Waals surface area contributed by atoms with E-state index in [1.54, 1.807) is 6.92 Å². The van der Waals surface area contributed by atoms with Gasteiger partial charge in [-0.05, 0) is 30.7 Å². The van der Waals surface area contributed by atoms with E-state index < -0.39 is 17.4 Å². The fourth-order valence-corrected chi connectivity index (χ4v) is 3.39. The van der Waals surface area contributed by atoms with E-state index in [9.17, 15) is 14.0 Å². The van der Waals surface area contributed by atoms with Crippen molar-refractivity contribution in [2.75, 3.05) is 18.6 Å². The van der Waals surface area contributed by atoms with Crippen molar-refractivity contribution in [1.29, 1.82) is 5.26 Å². The Labute approximate surface area is 151 Å². The fourth-order valence-electron chi connectivity index (χ4n) is 2.59. The van der Waals surface area contributed by atoms with Crippen LogP contribution < -0.4 is 16.2 Å². The van der Waals surface area contributed by atoms with Gasteiger partial charge in [0.05, 0.1) is 23.4 Å². The second-order valence-electron chi connectivity index (χ2n) is 5.37. The molecule has 4 N–H and O–H groups in total. The van der Waals surface area contributed by atoms with Crippen molar-refractivity contribution in [3.05, 3.63) is 41.1 Å². The van der Waals surface area contributed by atoms with Crippen molar-refractivity contribution in [2.24, 2.45) is 0 Å². The highest BCUT2D eigenvalue weighted by atomic mass is 32.1. The molecule has 0 aliphatic rings. The van der Waals surface area contributed by atoms with Crippen LogP contribution in [0, 0.1) is 29.9 Å². The van der Waals surface area contributed by atoms with Crippen molar-refractivity contribution >= 4 is 22.3 Å². The first kappa shape index (κ1) is 17.6. The molecule has 2 aromatic heterocycles. The number of pyridine rings is 1. The standard InChI is InChI=1S/C17H13F2N5OS/c1-7-15(26-17(22)23-7)13-5-9(10(6-20)16(21)24-13)8-3-11(18)14(25-2)12(19)4-8/h3-5H,1-2H3,(H2,21,24)(H2,22,23). The smallest absolute Gasteiger partial charge is 0.190 e. The molecule has 3 rings (SSSR count). The zero-order valence-corrected chi connectivity index (χ0v) is 14.6. The maximum absolute atomic E-state index is 14.1. The Morgan fingerprint density at radius 1 is 1.15 bits per heavy atom. The number of nitriles is 1. The molecule has 0 saturated carbocycles. The third kappa shape index (κ3) is 2.91. The third-order valence-electron chi connectivity index (χ3n) is 3.72. The van der Waals surface area contributed by atoms with Crippen LogP contribution in [0.4, 0.5) is 19.7 Å². The number of hydrogen-bond donors (Lipinski definition) is 2. The van der Waals surface area contributed by atoms with Gasteiger partial charge in [-0.3, -0.25) is 0 Å². The first-order chi connectivity index (χ1) is 12.3. The van der Waals surface area contributed by atoms with Crippen LogP contribution in [-0.2, 0) is 0 Å². The van der Waals surface area contributed by atoms with Gasteiger partial charge in [0.15, 0.2) is 22.5 Å². The number of nitrogens with two attached hydrogens (primary N) is 2. The van der Waals surface area contributed by atoms with Crippen LogP contribution in [0.2, 0.25) is 0 Å². The average molecular weight is 373 g/mol. The summed E-state index contributed by atoms with van der Waals surface area (Å²) in [5.41, 5.74) is 13.1. The van der Waals surface area contributed by atoms with Crippen LogP contribution in [0.5, 0.6) is 5.75 Å². The van der Waals surface area contributed by atoms with Crippen LogP contribution >= 0.6 is 11.3 Å². The van der Waals surface area contributed by atoms with E-state index in [4.69, 9.17) is 11.5 Å². The van der Waals surface area contributed by atoms with Gasteiger partial charge in [-0.2, -0.15) is 5.26 Å². The lowest BCUT2D eigenvalue weighted by molar-refractivity contribution is 0.360. The molecule has 0 bridgehead atoms. The number of nitrogen functional groups attached to an aromatic ring is 2. The van der Waals surface area contributed by atoms with Crippen LogP contribution in [-0.4, -0.2) is 17.1 Å². The number of aromatic nitrogens is 2. The number of nitrogens with zero attached hydrogens (tertiary/aromatic N) is 3. The summed E-state index contributed by atoms with van der Waals surface area (Å²) in [6.45, 7) is 1.75. The topological polar surface area (TPSA) is 111 Å². The molecule has 2 heterocycles. The summed E-state index contributed by atoms with van der Waals surface area (Å²) in [5.74, 6) is -2.33. The molecule has 0 fully saturated rings. The molecular formula is C17H13F2N5OS. The molecule has 9 heteroatoms. The highest BCUT2D eigenvalue weighted by Crippen LogP contribution is 2.37. The van der Waals surface area contributed by atoms with Crippen LogP contribution in [0.15, 0.2) is 18.2 Å². The predicted molar refractivity (Wildman–Crippen MR) is 95.5 cm³/mol. The minimum atomic E-state index is -0.887.